The largest absolute Gasteiger partial charge is 0.377 e. The molecule has 1 heterocycles. The Hall–Kier alpha value is -4.04. The maximum Gasteiger partial charge on any atom is 0.274 e. The standard InChI is InChI=1S/C30H32N4O5S/c1-5-38-20-30(18-26(33-39-30)23-10-8-9-21(17-23)19-31)28(35)32-24-15-13-22(14-16-24)25-11-6-7-12-27(25)40(36,37)34-29(2,3)4/h6-17,34H,5,18,20H2,1-4H3,(H,32,35). The zero-order valence-electron chi connectivity index (χ0n) is 22.9. The fourth-order valence-corrected chi connectivity index (χ4v) is 5.96. The van der Waals surface area contributed by atoms with E-state index in [1.807, 2.05) is 13.0 Å². The molecule has 3 aromatic rings. The zero-order chi connectivity index (χ0) is 29.0. The van der Waals surface area contributed by atoms with Crippen molar-refractivity contribution in [1.29, 1.82) is 5.26 Å². The van der Waals surface area contributed by atoms with Gasteiger partial charge in [0.15, 0.2) is 0 Å². The van der Waals surface area contributed by atoms with E-state index in [2.05, 4.69) is 21.3 Å². The summed E-state index contributed by atoms with van der Waals surface area (Å²) in [7, 11) is -3.77. The van der Waals surface area contributed by atoms with Crippen molar-refractivity contribution in [1.82, 2.24) is 4.72 Å². The molecule has 1 atom stereocenters. The summed E-state index contributed by atoms with van der Waals surface area (Å²) < 4.78 is 34.4. The van der Waals surface area contributed by atoms with E-state index in [1.165, 1.54) is 0 Å². The minimum Gasteiger partial charge on any atom is -0.377 e. The molecule has 4 rings (SSSR count). The maximum atomic E-state index is 13.5. The van der Waals surface area contributed by atoms with Crippen molar-refractivity contribution in [3.63, 3.8) is 0 Å². The number of carbonyl (C=O) groups is 1. The quantitative estimate of drug-likeness (QED) is 0.385. The van der Waals surface area contributed by atoms with Crippen molar-refractivity contribution in [3.8, 4) is 17.2 Å². The molecule has 0 saturated heterocycles. The van der Waals surface area contributed by atoms with Gasteiger partial charge in [-0.15, -0.1) is 0 Å². The molecule has 1 aliphatic heterocycles. The van der Waals surface area contributed by atoms with Gasteiger partial charge in [-0.2, -0.15) is 5.26 Å². The molecule has 1 unspecified atom stereocenters. The number of oxime groups is 1. The minimum atomic E-state index is -3.77. The lowest BCUT2D eigenvalue weighted by molar-refractivity contribution is -0.146. The molecule has 1 amide bonds. The fourth-order valence-electron chi connectivity index (χ4n) is 4.31. The molecule has 0 bridgehead atoms. The molecule has 10 heteroatoms. The molecule has 0 saturated carbocycles. The van der Waals surface area contributed by atoms with Crippen LogP contribution in [0.15, 0.2) is 82.8 Å². The smallest absolute Gasteiger partial charge is 0.274 e. The van der Waals surface area contributed by atoms with Crippen molar-refractivity contribution in [2.75, 3.05) is 18.5 Å². The van der Waals surface area contributed by atoms with Crippen molar-refractivity contribution in [2.45, 2.75) is 50.2 Å². The number of carbonyl (C=O) groups excluding carboxylic acids is 1. The molecule has 0 aromatic heterocycles. The van der Waals surface area contributed by atoms with Crippen LogP contribution in [0.5, 0.6) is 0 Å². The number of amides is 1. The van der Waals surface area contributed by atoms with Gasteiger partial charge >= 0.3 is 0 Å². The van der Waals surface area contributed by atoms with Gasteiger partial charge < -0.3 is 14.9 Å². The summed E-state index contributed by atoms with van der Waals surface area (Å²) in [6, 6.07) is 22.7. The Labute approximate surface area is 234 Å². The molecule has 3 aromatic carbocycles. The number of ether oxygens (including phenoxy) is 1. The van der Waals surface area contributed by atoms with Gasteiger partial charge in [-0.3, -0.25) is 4.79 Å². The lowest BCUT2D eigenvalue weighted by Crippen LogP contribution is -2.47. The first-order valence-corrected chi connectivity index (χ1v) is 14.3. The van der Waals surface area contributed by atoms with Crippen LogP contribution < -0.4 is 10.0 Å². The van der Waals surface area contributed by atoms with Crippen LogP contribution in [0.4, 0.5) is 5.69 Å². The van der Waals surface area contributed by atoms with E-state index in [0.29, 0.717) is 40.3 Å². The van der Waals surface area contributed by atoms with Crippen LogP contribution >= 0.6 is 0 Å². The number of sulfonamides is 1. The first kappa shape index (κ1) is 29.0. The van der Waals surface area contributed by atoms with Crippen LogP contribution in [-0.2, 0) is 24.4 Å². The number of benzene rings is 3. The molecule has 208 valence electrons. The highest BCUT2D eigenvalue weighted by Crippen LogP contribution is 2.32. The number of hydrogen-bond acceptors (Lipinski definition) is 7. The predicted octanol–water partition coefficient (Wildman–Crippen LogP) is 4.84. The van der Waals surface area contributed by atoms with Crippen LogP contribution in [0.3, 0.4) is 0 Å². The fraction of sp³-hybridized carbons (Fsp3) is 0.300. The van der Waals surface area contributed by atoms with Gasteiger partial charge in [0.1, 0.15) is 0 Å². The van der Waals surface area contributed by atoms with E-state index in [9.17, 15) is 18.5 Å². The molecule has 1 aliphatic rings. The lowest BCUT2D eigenvalue weighted by Gasteiger charge is -2.25. The second-order valence-corrected chi connectivity index (χ2v) is 12.2. The van der Waals surface area contributed by atoms with Crippen molar-refractivity contribution in [2.24, 2.45) is 5.16 Å². The van der Waals surface area contributed by atoms with E-state index >= 15 is 0 Å². The number of nitrogens with zero attached hydrogens (tertiary/aromatic N) is 2. The second kappa shape index (κ2) is 11.6. The summed E-state index contributed by atoms with van der Waals surface area (Å²) in [6.45, 7) is 7.56. The maximum absolute atomic E-state index is 13.5. The molecule has 40 heavy (non-hydrogen) atoms. The third-order valence-corrected chi connectivity index (χ3v) is 7.95. The summed E-state index contributed by atoms with van der Waals surface area (Å²) in [5, 5.41) is 16.3. The number of nitrogens with one attached hydrogen (secondary N) is 2. The summed E-state index contributed by atoms with van der Waals surface area (Å²) in [5.41, 5.74) is 1.43. The SMILES string of the molecule is CCOCC1(C(=O)Nc2ccc(-c3ccccc3S(=O)(=O)NC(C)(C)C)cc2)CC(c2cccc(C#N)c2)=NO1. The Morgan fingerprint density at radius 2 is 1.80 bits per heavy atom. The Morgan fingerprint density at radius 1 is 1.07 bits per heavy atom. The Morgan fingerprint density at radius 3 is 2.48 bits per heavy atom. The van der Waals surface area contributed by atoms with Crippen LogP contribution in [0.25, 0.3) is 11.1 Å². The molecule has 0 spiro atoms. The first-order valence-electron chi connectivity index (χ1n) is 12.8. The molecule has 0 radical (unpaired) electrons. The van der Waals surface area contributed by atoms with Gasteiger partial charge in [-0.05, 0) is 63.6 Å². The number of anilines is 1. The van der Waals surface area contributed by atoms with Crippen LogP contribution in [-0.4, -0.2) is 44.4 Å². The van der Waals surface area contributed by atoms with E-state index in [1.54, 1.807) is 87.5 Å². The highest BCUT2D eigenvalue weighted by atomic mass is 32.2. The Balaban J connectivity index is 1.55. The highest BCUT2D eigenvalue weighted by Gasteiger charge is 2.47. The van der Waals surface area contributed by atoms with Gasteiger partial charge in [0.25, 0.3) is 5.91 Å². The van der Waals surface area contributed by atoms with Crippen LogP contribution in [0.2, 0.25) is 0 Å². The van der Waals surface area contributed by atoms with Crippen molar-refractivity contribution < 1.29 is 22.8 Å². The topological polar surface area (TPSA) is 130 Å². The van der Waals surface area contributed by atoms with E-state index in [4.69, 9.17) is 9.57 Å². The van der Waals surface area contributed by atoms with Crippen molar-refractivity contribution >= 4 is 27.3 Å². The zero-order valence-corrected chi connectivity index (χ0v) is 23.7. The highest BCUT2D eigenvalue weighted by molar-refractivity contribution is 7.89. The normalized spacial score (nSPS) is 17.0. The van der Waals surface area contributed by atoms with E-state index in [-0.39, 0.29) is 17.9 Å². The average molecular weight is 561 g/mol. The van der Waals surface area contributed by atoms with E-state index in [0.717, 1.165) is 0 Å². The van der Waals surface area contributed by atoms with Gasteiger partial charge in [-0.1, -0.05) is 47.6 Å². The summed E-state index contributed by atoms with van der Waals surface area (Å²) >= 11 is 0. The Kier molecular flexibility index (Phi) is 8.40. The first-order chi connectivity index (χ1) is 19.0. The Bertz CT molecular complexity index is 1570. The van der Waals surface area contributed by atoms with Crippen LogP contribution in [0.1, 0.15) is 45.2 Å². The molecule has 9 nitrogen and oxygen atoms in total. The average Bonchev–Trinajstić information content (AvgIpc) is 3.37. The van der Waals surface area contributed by atoms with E-state index < -0.39 is 27.1 Å². The lowest BCUT2D eigenvalue weighted by atomic mass is 9.93. The van der Waals surface area contributed by atoms with Gasteiger partial charge in [-0.25, -0.2) is 13.1 Å². The third kappa shape index (κ3) is 6.57. The minimum absolute atomic E-state index is 0.00955. The molecule has 0 aliphatic carbocycles. The second-order valence-electron chi connectivity index (χ2n) is 10.5. The summed E-state index contributed by atoms with van der Waals surface area (Å²) in [4.78, 5) is 19.4. The number of rotatable bonds is 9. The molecular weight excluding hydrogens is 528 g/mol. The van der Waals surface area contributed by atoms with Gasteiger partial charge in [0.2, 0.25) is 15.6 Å². The van der Waals surface area contributed by atoms with Crippen LogP contribution in [0, 0.1) is 11.3 Å². The molecule has 2 N–H and O–H groups in total. The third-order valence-electron chi connectivity index (χ3n) is 6.13. The number of hydrogen-bond donors (Lipinski definition) is 2. The van der Waals surface area contributed by atoms with Crippen molar-refractivity contribution in [3.05, 3.63) is 83.9 Å². The monoisotopic (exact) mass is 560 g/mol. The van der Waals surface area contributed by atoms with Gasteiger partial charge in [0, 0.05) is 35.4 Å². The molecular formula is C30H32N4O5S. The predicted molar refractivity (Wildman–Crippen MR) is 153 cm³/mol. The number of nitriles is 1. The van der Waals surface area contributed by atoms with Gasteiger partial charge in [0.05, 0.1) is 28.8 Å². The summed E-state index contributed by atoms with van der Waals surface area (Å²) in [5.74, 6) is -0.429. The molecule has 0 fully saturated rings. The summed E-state index contributed by atoms with van der Waals surface area (Å²) in [6.07, 6.45) is 0.164.